The number of nitrogens with zero attached hydrogens (tertiary/aromatic N) is 3. The molecule has 0 saturated carbocycles. The van der Waals surface area contributed by atoms with E-state index in [0.29, 0.717) is 22.7 Å². The second-order valence-corrected chi connectivity index (χ2v) is 6.24. The molecule has 0 unspecified atom stereocenters. The van der Waals surface area contributed by atoms with Crippen LogP contribution in [0.4, 0.5) is 0 Å². The average Bonchev–Trinajstić information content (AvgIpc) is 3.26. The van der Waals surface area contributed by atoms with Crippen LogP contribution < -0.4 is 5.32 Å². The van der Waals surface area contributed by atoms with Crippen LogP contribution >= 0.6 is 11.6 Å². The molecule has 1 amide bonds. The van der Waals surface area contributed by atoms with Crippen LogP contribution in [0.3, 0.4) is 0 Å². The first kappa shape index (κ1) is 15.2. The van der Waals surface area contributed by atoms with E-state index in [1.54, 1.807) is 29.1 Å². The molecular formula is C16H16ClN5O2. The van der Waals surface area contributed by atoms with Gasteiger partial charge >= 0.3 is 0 Å². The van der Waals surface area contributed by atoms with E-state index < -0.39 is 0 Å². The number of benzene rings is 1. The highest BCUT2D eigenvalue weighted by atomic mass is 35.5. The summed E-state index contributed by atoms with van der Waals surface area (Å²) in [5, 5.41) is 15.4. The summed E-state index contributed by atoms with van der Waals surface area (Å²) >= 11 is 6.03. The lowest BCUT2D eigenvalue weighted by Gasteiger charge is -2.19. The summed E-state index contributed by atoms with van der Waals surface area (Å²) in [4.78, 5) is 12.7. The number of halogens is 1. The van der Waals surface area contributed by atoms with Gasteiger partial charge in [-0.2, -0.15) is 10.2 Å². The maximum atomic E-state index is 12.7. The number of aryl methyl sites for hydroxylation is 1. The minimum atomic E-state index is -0.244. The summed E-state index contributed by atoms with van der Waals surface area (Å²) in [6, 6.07) is 7.07. The molecule has 1 aromatic carbocycles. The Hall–Kier alpha value is -2.38. The Balaban J connectivity index is 1.59. The van der Waals surface area contributed by atoms with E-state index in [2.05, 4.69) is 20.6 Å². The van der Waals surface area contributed by atoms with Crippen molar-refractivity contribution in [1.82, 2.24) is 25.3 Å². The van der Waals surface area contributed by atoms with Crippen molar-refractivity contribution in [3.05, 3.63) is 46.9 Å². The van der Waals surface area contributed by atoms with Gasteiger partial charge in [-0.25, -0.2) is 0 Å². The molecule has 1 aliphatic heterocycles. The third-order valence-corrected chi connectivity index (χ3v) is 4.53. The van der Waals surface area contributed by atoms with E-state index in [-0.39, 0.29) is 18.1 Å². The number of ether oxygens (including phenoxy) is 1. The van der Waals surface area contributed by atoms with Gasteiger partial charge in [0.05, 0.1) is 17.3 Å². The molecule has 2 N–H and O–H groups in total. The van der Waals surface area contributed by atoms with Crippen LogP contribution in [0.25, 0.3) is 10.9 Å². The van der Waals surface area contributed by atoms with Crippen molar-refractivity contribution in [2.24, 2.45) is 7.05 Å². The molecule has 124 valence electrons. The van der Waals surface area contributed by atoms with Gasteiger partial charge in [0.1, 0.15) is 6.10 Å². The van der Waals surface area contributed by atoms with Gasteiger partial charge in [-0.15, -0.1) is 0 Å². The SMILES string of the molecule is Cn1nccc1[C@H]1OCC[C@@H]1NC(=O)c1n[nH]c2ccc(Cl)cc12. The quantitative estimate of drug-likeness (QED) is 0.762. The van der Waals surface area contributed by atoms with Crippen molar-refractivity contribution in [2.75, 3.05) is 6.61 Å². The molecule has 24 heavy (non-hydrogen) atoms. The molecule has 0 radical (unpaired) electrons. The highest BCUT2D eigenvalue weighted by Crippen LogP contribution is 2.29. The minimum absolute atomic E-state index is 0.126. The van der Waals surface area contributed by atoms with Gasteiger partial charge in [-0.1, -0.05) is 11.6 Å². The van der Waals surface area contributed by atoms with Gasteiger partial charge < -0.3 is 10.1 Å². The summed E-state index contributed by atoms with van der Waals surface area (Å²) in [7, 11) is 1.86. The Morgan fingerprint density at radius 3 is 3.12 bits per heavy atom. The number of fused-ring (bicyclic) bond motifs is 1. The zero-order valence-corrected chi connectivity index (χ0v) is 13.7. The van der Waals surface area contributed by atoms with Crippen molar-refractivity contribution in [2.45, 2.75) is 18.6 Å². The minimum Gasteiger partial charge on any atom is -0.370 e. The number of hydrogen-bond donors (Lipinski definition) is 2. The van der Waals surface area contributed by atoms with E-state index in [9.17, 15) is 4.79 Å². The number of rotatable bonds is 3. The van der Waals surface area contributed by atoms with Gasteiger partial charge in [0.2, 0.25) is 0 Å². The molecule has 1 fully saturated rings. The van der Waals surface area contributed by atoms with Crippen LogP contribution in [-0.4, -0.2) is 38.5 Å². The second-order valence-electron chi connectivity index (χ2n) is 5.80. The van der Waals surface area contributed by atoms with Gasteiger partial charge in [-0.3, -0.25) is 14.6 Å². The number of hydrogen-bond acceptors (Lipinski definition) is 4. The van der Waals surface area contributed by atoms with Crippen LogP contribution in [0.5, 0.6) is 0 Å². The zero-order valence-electron chi connectivity index (χ0n) is 13.0. The van der Waals surface area contributed by atoms with Crippen molar-refractivity contribution < 1.29 is 9.53 Å². The molecule has 8 heteroatoms. The molecule has 0 spiro atoms. The third-order valence-electron chi connectivity index (χ3n) is 4.30. The molecule has 4 rings (SSSR count). The van der Waals surface area contributed by atoms with Crippen LogP contribution in [0.15, 0.2) is 30.5 Å². The lowest BCUT2D eigenvalue weighted by atomic mass is 10.1. The van der Waals surface area contributed by atoms with E-state index in [0.717, 1.165) is 17.6 Å². The standard InChI is InChI=1S/C16H16ClN5O2/c1-22-13(4-6-18-22)15-12(5-7-24-15)19-16(23)14-10-8-9(17)2-3-11(10)20-21-14/h2-4,6,8,12,15H,5,7H2,1H3,(H,19,23)(H,20,21)/t12-,15-/m0/s1. The molecule has 3 aromatic rings. The fourth-order valence-corrected chi connectivity index (χ4v) is 3.26. The number of aromatic nitrogens is 4. The molecular weight excluding hydrogens is 330 g/mol. The van der Waals surface area contributed by atoms with Crippen LogP contribution in [-0.2, 0) is 11.8 Å². The van der Waals surface area contributed by atoms with Gasteiger partial charge in [0, 0.05) is 30.3 Å². The largest absolute Gasteiger partial charge is 0.370 e. The highest BCUT2D eigenvalue weighted by molar-refractivity contribution is 6.31. The predicted molar refractivity (Wildman–Crippen MR) is 88.9 cm³/mol. The highest BCUT2D eigenvalue weighted by Gasteiger charge is 2.33. The van der Waals surface area contributed by atoms with Gasteiger partial charge in [-0.05, 0) is 30.7 Å². The Morgan fingerprint density at radius 2 is 2.33 bits per heavy atom. The number of carbonyl (C=O) groups is 1. The predicted octanol–water partition coefficient (Wildman–Crippen LogP) is 2.21. The maximum Gasteiger partial charge on any atom is 0.272 e. The molecule has 1 saturated heterocycles. The normalized spacial score (nSPS) is 20.6. The molecule has 2 aromatic heterocycles. The van der Waals surface area contributed by atoms with Crippen molar-refractivity contribution in [1.29, 1.82) is 0 Å². The van der Waals surface area contributed by atoms with E-state index in [1.165, 1.54) is 0 Å². The summed E-state index contributed by atoms with van der Waals surface area (Å²) in [5.74, 6) is -0.244. The topological polar surface area (TPSA) is 84.8 Å². The molecule has 0 aliphatic carbocycles. The van der Waals surface area contributed by atoms with Crippen LogP contribution in [0, 0.1) is 0 Å². The molecule has 0 bridgehead atoms. The number of H-pyrrole nitrogens is 1. The monoisotopic (exact) mass is 345 g/mol. The first-order valence-corrected chi connectivity index (χ1v) is 8.05. The summed E-state index contributed by atoms with van der Waals surface area (Å²) in [6.45, 7) is 0.591. The Labute approximate surface area is 142 Å². The lowest BCUT2D eigenvalue weighted by Crippen LogP contribution is -2.37. The molecule has 7 nitrogen and oxygen atoms in total. The van der Waals surface area contributed by atoms with Gasteiger partial charge in [0.15, 0.2) is 5.69 Å². The molecule has 2 atom stereocenters. The lowest BCUT2D eigenvalue weighted by molar-refractivity contribution is 0.0790. The number of aromatic amines is 1. The summed E-state index contributed by atoms with van der Waals surface area (Å²) < 4.78 is 7.55. The number of carbonyl (C=O) groups excluding carboxylic acids is 1. The average molecular weight is 346 g/mol. The fourth-order valence-electron chi connectivity index (χ4n) is 3.09. The number of nitrogens with one attached hydrogen (secondary N) is 2. The van der Waals surface area contributed by atoms with E-state index in [4.69, 9.17) is 16.3 Å². The Morgan fingerprint density at radius 1 is 1.46 bits per heavy atom. The van der Waals surface area contributed by atoms with Crippen molar-refractivity contribution in [3.63, 3.8) is 0 Å². The molecule has 3 heterocycles. The van der Waals surface area contributed by atoms with E-state index >= 15 is 0 Å². The zero-order chi connectivity index (χ0) is 16.7. The number of amides is 1. The second kappa shape index (κ2) is 5.92. The van der Waals surface area contributed by atoms with Gasteiger partial charge in [0.25, 0.3) is 5.91 Å². The summed E-state index contributed by atoms with van der Waals surface area (Å²) in [6.07, 6.45) is 2.25. The smallest absolute Gasteiger partial charge is 0.272 e. The third kappa shape index (κ3) is 2.55. The Kier molecular flexibility index (Phi) is 3.74. The van der Waals surface area contributed by atoms with Crippen LogP contribution in [0.2, 0.25) is 5.02 Å². The van der Waals surface area contributed by atoms with Crippen LogP contribution in [0.1, 0.15) is 28.7 Å². The first-order valence-electron chi connectivity index (χ1n) is 7.67. The van der Waals surface area contributed by atoms with E-state index in [1.807, 2.05) is 13.1 Å². The van der Waals surface area contributed by atoms with Crippen molar-refractivity contribution in [3.8, 4) is 0 Å². The molecule has 1 aliphatic rings. The summed E-state index contributed by atoms with van der Waals surface area (Å²) in [5.41, 5.74) is 2.05. The maximum absolute atomic E-state index is 12.7. The first-order chi connectivity index (χ1) is 11.6. The fraction of sp³-hybridized carbons (Fsp3) is 0.312. The van der Waals surface area contributed by atoms with Crippen molar-refractivity contribution >= 4 is 28.4 Å². The Bertz CT molecular complexity index is 903.